The molecule has 0 amide bonds. The second kappa shape index (κ2) is 7.38. The van der Waals surface area contributed by atoms with Gasteiger partial charge in [-0.05, 0) is 29.7 Å². The van der Waals surface area contributed by atoms with Crippen LogP contribution in [0.5, 0.6) is 0 Å². The van der Waals surface area contributed by atoms with Gasteiger partial charge in [-0.1, -0.05) is 88.7 Å². The summed E-state index contributed by atoms with van der Waals surface area (Å²) in [5.74, 6) is -0.00956. The highest BCUT2D eigenvalue weighted by atomic mass is 79.9. The number of benzene rings is 3. The van der Waals surface area contributed by atoms with Crippen molar-refractivity contribution in [2.24, 2.45) is 0 Å². The highest BCUT2D eigenvalue weighted by molar-refractivity contribution is 9.10. The van der Waals surface area contributed by atoms with Gasteiger partial charge in [-0.3, -0.25) is 4.79 Å². The molecule has 0 aromatic heterocycles. The molecule has 114 valence electrons. The smallest absolute Gasteiger partial charge is 0.170 e. The summed E-state index contributed by atoms with van der Waals surface area (Å²) in [5.41, 5.74) is 2.97. The number of carbonyl (C=O) groups is 1. The average Bonchev–Trinajstić information content (AvgIpc) is 2.61. The van der Waals surface area contributed by atoms with Gasteiger partial charge in [-0.15, -0.1) is 0 Å². The zero-order valence-corrected chi connectivity index (χ0v) is 14.2. The molecule has 0 aliphatic carbocycles. The van der Waals surface area contributed by atoms with Crippen LogP contribution in [-0.2, 0) is 6.42 Å². The minimum absolute atomic E-state index is 0.164. The lowest BCUT2D eigenvalue weighted by Crippen LogP contribution is -2.15. The molecule has 1 nitrogen and oxygen atoms in total. The summed E-state index contributed by atoms with van der Waals surface area (Å²) in [6.07, 6.45) is 0.692. The molecule has 0 saturated heterocycles. The van der Waals surface area contributed by atoms with Gasteiger partial charge in [-0.25, -0.2) is 0 Å². The van der Waals surface area contributed by atoms with E-state index >= 15 is 0 Å². The van der Waals surface area contributed by atoms with Crippen LogP contribution in [0.15, 0.2) is 89.4 Å². The summed E-state index contributed by atoms with van der Waals surface area (Å²) in [4.78, 5) is 13.0. The number of rotatable bonds is 5. The fraction of sp³-hybridized carbons (Fsp3) is 0.0952. The van der Waals surface area contributed by atoms with Crippen molar-refractivity contribution in [2.45, 2.75) is 12.3 Å². The van der Waals surface area contributed by atoms with E-state index in [1.165, 1.54) is 0 Å². The molecule has 0 aliphatic rings. The van der Waals surface area contributed by atoms with Crippen molar-refractivity contribution in [1.82, 2.24) is 0 Å². The Morgan fingerprint density at radius 2 is 1.48 bits per heavy atom. The number of ketones is 1. The SMILES string of the molecule is O=C(c1ccccc1)C(Cc1cccc(Br)c1)c1ccccc1. The Morgan fingerprint density at radius 1 is 0.826 bits per heavy atom. The largest absolute Gasteiger partial charge is 0.293 e. The van der Waals surface area contributed by atoms with Crippen molar-refractivity contribution in [1.29, 1.82) is 0 Å². The Labute approximate surface area is 145 Å². The first-order valence-corrected chi connectivity index (χ1v) is 8.42. The molecule has 0 spiro atoms. The standard InChI is InChI=1S/C21H17BrO/c22-19-13-7-8-16(14-19)15-20(17-9-3-1-4-10-17)21(23)18-11-5-2-6-12-18/h1-14,20H,15H2. The third-order valence-corrected chi connectivity index (χ3v) is 4.40. The van der Waals surface area contributed by atoms with Crippen molar-refractivity contribution < 1.29 is 4.79 Å². The Kier molecular flexibility index (Phi) is 5.04. The first kappa shape index (κ1) is 15.7. The normalized spacial score (nSPS) is 11.9. The fourth-order valence-corrected chi connectivity index (χ4v) is 3.20. The van der Waals surface area contributed by atoms with Crippen molar-refractivity contribution in [3.05, 3.63) is 106 Å². The molecule has 1 unspecified atom stereocenters. The number of halogens is 1. The van der Waals surface area contributed by atoms with Crippen LogP contribution in [0.4, 0.5) is 0 Å². The maximum atomic E-state index is 13.0. The highest BCUT2D eigenvalue weighted by Gasteiger charge is 2.22. The van der Waals surface area contributed by atoms with Crippen LogP contribution in [0, 0.1) is 0 Å². The van der Waals surface area contributed by atoms with Crippen molar-refractivity contribution in [3.63, 3.8) is 0 Å². The summed E-state index contributed by atoms with van der Waals surface area (Å²) < 4.78 is 1.04. The summed E-state index contributed by atoms with van der Waals surface area (Å²) >= 11 is 3.51. The van der Waals surface area contributed by atoms with Crippen molar-refractivity contribution in [3.8, 4) is 0 Å². The van der Waals surface area contributed by atoms with Crippen molar-refractivity contribution in [2.75, 3.05) is 0 Å². The third-order valence-electron chi connectivity index (χ3n) is 3.91. The van der Waals surface area contributed by atoms with Crippen molar-refractivity contribution >= 4 is 21.7 Å². The van der Waals surface area contributed by atoms with E-state index in [-0.39, 0.29) is 11.7 Å². The Hall–Kier alpha value is -2.19. The lowest BCUT2D eigenvalue weighted by atomic mass is 9.85. The zero-order valence-electron chi connectivity index (χ0n) is 12.7. The molecule has 0 bridgehead atoms. The molecule has 1 atom stereocenters. The predicted molar refractivity (Wildman–Crippen MR) is 97.8 cm³/mol. The molecule has 23 heavy (non-hydrogen) atoms. The Bertz CT molecular complexity index is 781. The molecular weight excluding hydrogens is 348 g/mol. The maximum Gasteiger partial charge on any atom is 0.170 e. The van der Waals surface area contributed by atoms with Gasteiger partial charge in [0.25, 0.3) is 0 Å². The Balaban J connectivity index is 1.96. The summed E-state index contributed by atoms with van der Waals surface area (Å²) in [5, 5.41) is 0. The van der Waals surface area contributed by atoms with Crippen LogP contribution in [0.25, 0.3) is 0 Å². The first-order valence-electron chi connectivity index (χ1n) is 7.62. The highest BCUT2D eigenvalue weighted by Crippen LogP contribution is 2.26. The van der Waals surface area contributed by atoms with Gasteiger partial charge < -0.3 is 0 Å². The monoisotopic (exact) mass is 364 g/mol. The van der Waals surface area contributed by atoms with Gasteiger partial charge in [0.2, 0.25) is 0 Å². The molecule has 0 heterocycles. The molecule has 2 heteroatoms. The van der Waals surface area contributed by atoms with E-state index in [0.717, 1.165) is 21.2 Å². The summed E-state index contributed by atoms with van der Waals surface area (Å²) in [6.45, 7) is 0. The van der Waals surface area contributed by atoms with Crippen LogP contribution in [0.3, 0.4) is 0 Å². The topological polar surface area (TPSA) is 17.1 Å². The van der Waals surface area contributed by atoms with E-state index in [1.807, 2.05) is 72.8 Å². The van der Waals surface area contributed by atoms with E-state index in [2.05, 4.69) is 28.1 Å². The van der Waals surface area contributed by atoms with Gasteiger partial charge in [0, 0.05) is 10.0 Å². The van der Waals surface area contributed by atoms with E-state index in [9.17, 15) is 4.79 Å². The molecule has 0 aliphatic heterocycles. The zero-order chi connectivity index (χ0) is 16.1. The van der Waals surface area contributed by atoms with Gasteiger partial charge in [0.15, 0.2) is 5.78 Å². The molecule has 0 radical (unpaired) electrons. The third kappa shape index (κ3) is 3.96. The Morgan fingerprint density at radius 3 is 2.13 bits per heavy atom. The van der Waals surface area contributed by atoms with Crippen LogP contribution in [0.1, 0.15) is 27.4 Å². The van der Waals surface area contributed by atoms with Crippen LogP contribution >= 0.6 is 15.9 Å². The summed E-state index contributed by atoms with van der Waals surface area (Å²) in [7, 11) is 0. The van der Waals surface area contributed by atoms with Crippen LogP contribution < -0.4 is 0 Å². The fourth-order valence-electron chi connectivity index (χ4n) is 2.75. The maximum absolute atomic E-state index is 13.0. The lowest BCUT2D eigenvalue weighted by Gasteiger charge is -2.17. The van der Waals surface area contributed by atoms with Gasteiger partial charge in [0.05, 0.1) is 5.92 Å². The first-order chi connectivity index (χ1) is 11.2. The summed E-state index contributed by atoms with van der Waals surface area (Å²) in [6, 6.07) is 27.7. The van der Waals surface area contributed by atoms with Crippen LogP contribution in [0.2, 0.25) is 0 Å². The second-order valence-electron chi connectivity index (χ2n) is 5.53. The molecule has 3 rings (SSSR count). The van der Waals surface area contributed by atoms with E-state index in [4.69, 9.17) is 0 Å². The molecule has 3 aromatic carbocycles. The number of hydrogen-bond donors (Lipinski definition) is 0. The molecule has 0 fully saturated rings. The molecular formula is C21H17BrO. The number of carbonyl (C=O) groups excluding carboxylic acids is 1. The molecule has 0 N–H and O–H groups in total. The van der Waals surface area contributed by atoms with E-state index < -0.39 is 0 Å². The average molecular weight is 365 g/mol. The predicted octanol–water partition coefficient (Wildman–Crippen LogP) is 5.66. The quantitative estimate of drug-likeness (QED) is 0.534. The van der Waals surface area contributed by atoms with Gasteiger partial charge in [-0.2, -0.15) is 0 Å². The van der Waals surface area contributed by atoms with Crippen LogP contribution in [-0.4, -0.2) is 5.78 Å². The van der Waals surface area contributed by atoms with Gasteiger partial charge in [0.1, 0.15) is 0 Å². The van der Waals surface area contributed by atoms with E-state index in [1.54, 1.807) is 0 Å². The van der Waals surface area contributed by atoms with E-state index in [0.29, 0.717) is 6.42 Å². The number of hydrogen-bond acceptors (Lipinski definition) is 1. The van der Waals surface area contributed by atoms with Gasteiger partial charge >= 0.3 is 0 Å². The number of Topliss-reactive ketones (excluding diaryl/α,β-unsaturated/α-hetero) is 1. The molecule has 3 aromatic rings. The molecule has 0 saturated carbocycles. The lowest BCUT2D eigenvalue weighted by molar-refractivity contribution is 0.0959. The second-order valence-corrected chi connectivity index (χ2v) is 6.44. The minimum atomic E-state index is -0.173. The minimum Gasteiger partial charge on any atom is -0.293 e.